The van der Waals surface area contributed by atoms with Crippen LogP contribution in [0.1, 0.15) is 37.2 Å². The third kappa shape index (κ3) is 4.07. The predicted molar refractivity (Wildman–Crippen MR) is 68.9 cm³/mol. The van der Waals surface area contributed by atoms with E-state index >= 15 is 0 Å². The number of carbonyl (C=O) groups excluding carboxylic acids is 1. The Labute approximate surface area is 107 Å². The van der Waals surface area contributed by atoms with Crippen molar-refractivity contribution in [2.24, 2.45) is 0 Å². The molecule has 0 bridgehead atoms. The molecule has 5 heteroatoms. The van der Waals surface area contributed by atoms with Gasteiger partial charge in [0.15, 0.2) is 0 Å². The number of aryl methyl sites for hydroxylation is 1. The highest BCUT2D eigenvalue weighted by atomic mass is 16.1. The van der Waals surface area contributed by atoms with Gasteiger partial charge in [-0.15, -0.1) is 0 Å². The second-order valence-corrected chi connectivity index (χ2v) is 4.73. The zero-order valence-corrected chi connectivity index (χ0v) is 10.8. The van der Waals surface area contributed by atoms with Crippen molar-refractivity contribution in [1.29, 1.82) is 0 Å². The van der Waals surface area contributed by atoms with Gasteiger partial charge in [0.25, 0.3) is 0 Å². The molecular formula is C13H20N4O. The molecule has 1 fully saturated rings. The average Bonchev–Trinajstić information content (AvgIpc) is 2.87. The normalized spacial score (nSPS) is 15.8. The highest BCUT2D eigenvalue weighted by molar-refractivity contribution is 5.77. The van der Waals surface area contributed by atoms with Crippen LogP contribution in [0.15, 0.2) is 12.3 Å². The number of carbonyl (C=O) groups is 1. The van der Waals surface area contributed by atoms with Gasteiger partial charge in [-0.3, -0.25) is 4.79 Å². The summed E-state index contributed by atoms with van der Waals surface area (Å²) in [7, 11) is 0. The number of rotatable bonds is 5. The maximum absolute atomic E-state index is 11.6. The smallest absolute Gasteiger partial charge is 0.234 e. The molecule has 1 aromatic rings. The van der Waals surface area contributed by atoms with Crippen LogP contribution in [-0.4, -0.2) is 28.5 Å². The van der Waals surface area contributed by atoms with E-state index in [1.807, 2.05) is 13.0 Å². The summed E-state index contributed by atoms with van der Waals surface area (Å²) in [6.07, 6.45) is 6.65. The van der Waals surface area contributed by atoms with E-state index in [0.717, 1.165) is 11.5 Å². The van der Waals surface area contributed by atoms with Crippen LogP contribution in [0, 0.1) is 6.92 Å². The summed E-state index contributed by atoms with van der Waals surface area (Å²) in [4.78, 5) is 19.9. The first-order valence-electron chi connectivity index (χ1n) is 6.52. The van der Waals surface area contributed by atoms with Gasteiger partial charge in [0.1, 0.15) is 5.82 Å². The summed E-state index contributed by atoms with van der Waals surface area (Å²) >= 11 is 0. The van der Waals surface area contributed by atoms with Gasteiger partial charge in [-0.05, 0) is 25.8 Å². The van der Waals surface area contributed by atoms with E-state index < -0.39 is 0 Å². The van der Waals surface area contributed by atoms with E-state index in [2.05, 4.69) is 20.6 Å². The number of amides is 1. The minimum Gasteiger partial charge on any atom is -0.349 e. The van der Waals surface area contributed by atoms with Crippen LogP contribution in [0.2, 0.25) is 0 Å². The number of nitrogens with zero attached hydrogens (tertiary/aromatic N) is 2. The Morgan fingerprint density at radius 2 is 2.22 bits per heavy atom. The van der Waals surface area contributed by atoms with Crippen molar-refractivity contribution >= 4 is 5.91 Å². The molecule has 0 spiro atoms. The van der Waals surface area contributed by atoms with Crippen molar-refractivity contribution in [1.82, 2.24) is 20.6 Å². The van der Waals surface area contributed by atoms with Gasteiger partial charge in [-0.2, -0.15) is 0 Å². The lowest BCUT2D eigenvalue weighted by molar-refractivity contribution is -0.120. The van der Waals surface area contributed by atoms with Crippen LogP contribution in [-0.2, 0) is 11.3 Å². The lowest BCUT2D eigenvalue weighted by atomic mass is 10.2. The molecular weight excluding hydrogens is 228 g/mol. The fraction of sp³-hybridized carbons (Fsp3) is 0.615. The lowest BCUT2D eigenvalue weighted by Crippen LogP contribution is -2.37. The first kappa shape index (κ1) is 13.0. The molecule has 2 rings (SSSR count). The average molecular weight is 248 g/mol. The van der Waals surface area contributed by atoms with Gasteiger partial charge in [0.2, 0.25) is 5.91 Å². The molecule has 0 atom stereocenters. The highest BCUT2D eigenvalue weighted by Crippen LogP contribution is 2.17. The molecule has 0 aromatic carbocycles. The van der Waals surface area contributed by atoms with Crippen LogP contribution in [0.3, 0.4) is 0 Å². The number of aromatic nitrogens is 2. The molecule has 1 saturated carbocycles. The van der Waals surface area contributed by atoms with Crippen molar-refractivity contribution in [2.75, 3.05) is 6.54 Å². The van der Waals surface area contributed by atoms with Crippen LogP contribution in [0.25, 0.3) is 0 Å². The van der Waals surface area contributed by atoms with Gasteiger partial charge >= 0.3 is 0 Å². The summed E-state index contributed by atoms with van der Waals surface area (Å²) in [6, 6.07) is 2.34. The molecule has 5 nitrogen and oxygen atoms in total. The molecule has 1 aliphatic carbocycles. The monoisotopic (exact) mass is 248 g/mol. The first-order chi connectivity index (χ1) is 8.74. The molecule has 2 N–H and O–H groups in total. The molecule has 98 valence electrons. The van der Waals surface area contributed by atoms with E-state index in [4.69, 9.17) is 0 Å². The Bertz CT molecular complexity index is 402. The summed E-state index contributed by atoms with van der Waals surface area (Å²) in [5, 5.41) is 6.14. The molecule has 0 radical (unpaired) electrons. The second-order valence-electron chi connectivity index (χ2n) is 4.73. The first-order valence-corrected chi connectivity index (χ1v) is 6.52. The molecule has 1 aromatic heterocycles. The van der Waals surface area contributed by atoms with Crippen LogP contribution < -0.4 is 10.6 Å². The Hall–Kier alpha value is -1.49. The van der Waals surface area contributed by atoms with E-state index in [1.165, 1.54) is 25.7 Å². The zero-order valence-electron chi connectivity index (χ0n) is 10.8. The minimum atomic E-state index is 0.0261. The van der Waals surface area contributed by atoms with E-state index in [1.54, 1.807) is 6.20 Å². The van der Waals surface area contributed by atoms with Gasteiger partial charge in [-0.1, -0.05) is 12.8 Å². The maximum Gasteiger partial charge on any atom is 0.234 e. The summed E-state index contributed by atoms with van der Waals surface area (Å²) in [5.41, 5.74) is 0.844. The molecule has 18 heavy (non-hydrogen) atoms. The fourth-order valence-corrected chi connectivity index (χ4v) is 2.22. The third-order valence-corrected chi connectivity index (χ3v) is 3.21. The number of nitrogens with one attached hydrogen (secondary N) is 2. The Kier molecular flexibility index (Phi) is 4.64. The molecule has 1 aliphatic rings. The van der Waals surface area contributed by atoms with Crippen molar-refractivity contribution in [3.05, 3.63) is 23.8 Å². The molecule has 1 heterocycles. The molecule has 0 saturated heterocycles. The lowest BCUT2D eigenvalue weighted by Gasteiger charge is -2.11. The van der Waals surface area contributed by atoms with E-state index in [-0.39, 0.29) is 5.91 Å². The SMILES string of the molecule is Cc1nccc(CNC(=O)CNC2CCCC2)n1. The Morgan fingerprint density at radius 1 is 1.44 bits per heavy atom. The van der Waals surface area contributed by atoms with Crippen LogP contribution in [0.4, 0.5) is 0 Å². The topological polar surface area (TPSA) is 66.9 Å². The van der Waals surface area contributed by atoms with Crippen molar-refractivity contribution < 1.29 is 4.79 Å². The van der Waals surface area contributed by atoms with Crippen molar-refractivity contribution in [3.63, 3.8) is 0 Å². The summed E-state index contributed by atoms with van der Waals surface area (Å²) < 4.78 is 0. The van der Waals surface area contributed by atoms with Gasteiger partial charge in [0.05, 0.1) is 18.8 Å². The quantitative estimate of drug-likeness (QED) is 0.813. The zero-order chi connectivity index (χ0) is 12.8. The molecule has 0 aliphatic heterocycles. The van der Waals surface area contributed by atoms with Crippen molar-refractivity contribution in [3.8, 4) is 0 Å². The van der Waals surface area contributed by atoms with Gasteiger partial charge < -0.3 is 10.6 Å². The van der Waals surface area contributed by atoms with Crippen molar-refractivity contribution in [2.45, 2.75) is 45.2 Å². The number of hydrogen-bond donors (Lipinski definition) is 2. The fourth-order valence-electron chi connectivity index (χ4n) is 2.22. The van der Waals surface area contributed by atoms with Crippen LogP contribution >= 0.6 is 0 Å². The Morgan fingerprint density at radius 3 is 2.94 bits per heavy atom. The van der Waals surface area contributed by atoms with Gasteiger partial charge in [-0.25, -0.2) is 9.97 Å². The number of hydrogen-bond acceptors (Lipinski definition) is 4. The van der Waals surface area contributed by atoms with E-state index in [9.17, 15) is 4.79 Å². The maximum atomic E-state index is 11.6. The van der Waals surface area contributed by atoms with E-state index in [0.29, 0.717) is 19.1 Å². The highest BCUT2D eigenvalue weighted by Gasteiger charge is 2.15. The molecule has 1 amide bonds. The minimum absolute atomic E-state index is 0.0261. The van der Waals surface area contributed by atoms with Crippen LogP contribution in [0.5, 0.6) is 0 Å². The predicted octanol–water partition coefficient (Wildman–Crippen LogP) is 0.933. The summed E-state index contributed by atoms with van der Waals surface area (Å²) in [6.45, 7) is 2.70. The Balaban J connectivity index is 1.68. The largest absolute Gasteiger partial charge is 0.349 e. The van der Waals surface area contributed by atoms with Gasteiger partial charge in [0, 0.05) is 12.2 Å². The summed E-state index contributed by atoms with van der Waals surface area (Å²) in [5.74, 6) is 0.754. The second kappa shape index (κ2) is 6.44. The molecule has 0 unspecified atom stereocenters. The third-order valence-electron chi connectivity index (χ3n) is 3.21. The standard InChI is InChI=1S/C13H20N4O/c1-10-14-7-6-12(17-10)8-16-13(18)9-15-11-4-2-3-5-11/h6-7,11,15H,2-5,8-9H2,1H3,(H,16,18).